The summed E-state index contributed by atoms with van der Waals surface area (Å²) < 4.78 is 3.75. The van der Waals surface area contributed by atoms with Crippen molar-refractivity contribution in [2.75, 3.05) is 0 Å². The van der Waals surface area contributed by atoms with Crippen LogP contribution in [0.15, 0.2) is 59.4 Å². The molecule has 0 atom stereocenters. The predicted octanol–water partition coefficient (Wildman–Crippen LogP) is 2.81. The molecule has 3 rings (SSSR count). The van der Waals surface area contributed by atoms with Gasteiger partial charge in [0.05, 0.1) is 16.6 Å². The van der Waals surface area contributed by atoms with Gasteiger partial charge in [-0.15, -0.1) is 0 Å². The fraction of sp³-hybridized carbons (Fsp3) is 0.133. The fourth-order valence-corrected chi connectivity index (χ4v) is 2.33. The first-order valence-electron chi connectivity index (χ1n) is 6.09. The zero-order valence-corrected chi connectivity index (χ0v) is 10.2. The van der Waals surface area contributed by atoms with Crippen LogP contribution in [0, 0.1) is 0 Å². The van der Waals surface area contributed by atoms with E-state index in [1.807, 2.05) is 66.2 Å². The lowest BCUT2D eigenvalue weighted by molar-refractivity contribution is 0.578. The van der Waals surface area contributed by atoms with Crippen molar-refractivity contribution in [2.24, 2.45) is 0 Å². The number of benzene rings is 2. The van der Waals surface area contributed by atoms with Crippen LogP contribution in [0.3, 0.4) is 0 Å². The van der Waals surface area contributed by atoms with Gasteiger partial charge in [-0.05, 0) is 31.2 Å². The lowest BCUT2D eigenvalue weighted by Crippen LogP contribution is -2.20. The van der Waals surface area contributed by atoms with Crippen LogP contribution in [0.2, 0.25) is 0 Å². The van der Waals surface area contributed by atoms with Gasteiger partial charge in [0.25, 0.3) is 5.56 Å². The molecule has 0 bridgehead atoms. The molecule has 3 aromatic rings. The molecule has 1 aromatic heterocycles. The Bertz CT molecular complexity index is 738. The van der Waals surface area contributed by atoms with E-state index in [1.54, 1.807) is 4.68 Å². The average molecular weight is 238 g/mol. The Labute approximate surface area is 105 Å². The van der Waals surface area contributed by atoms with E-state index in [-0.39, 0.29) is 5.56 Å². The number of aromatic nitrogens is 2. The maximum absolute atomic E-state index is 12.3. The molecule has 0 saturated carbocycles. The van der Waals surface area contributed by atoms with Gasteiger partial charge >= 0.3 is 0 Å². The van der Waals surface area contributed by atoms with Crippen LogP contribution in [0.5, 0.6) is 0 Å². The minimum absolute atomic E-state index is 0.0666. The fourth-order valence-electron chi connectivity index (χ4n) is 2.33. The Hall–Kier alpha value is -2.29. The summed E-state index contributed by atoms with van der Waals surface area (Å²) in [6.07, 6.45) is 0. The molecule has 0 aliphatic carbocycles. The highest BCUT2D eigenvalue weighted by Crippen LogP contribution is 2.16. The van der Waals surface area contributed by atoms with E-state index in [9.17, 15) is 4.79 Å². The molecule has 3 nitrogen and oxygen atoms in total. The Balaban J connectivity index is 2.45. The largest absolute Gasteiger partial charge is 0.274 e. The van der Waals surface area contributed by atoms with Gasteiger partial charge in [-0.3, -0.25) is 9.48 Å². The summed E-state index contributed by atoms with van der Waals surface area (Å²) in [6, 6.07) is 17.7. The highest BCUT2D eigenvalue weighted by molar-refractivity contribution is 5.80. The van der Waals surface area contributed by atoms with E-state index in [4.69, 9.17) is 0 Å². The van der Waals surface area contributed by atoms with Crippen LogP contribution in [-0.4, -0.2) is 9.36 Å². The van der Waals surface area contributed by atoms with Crippen LogP contribution < -0.4 is 5.56 Å². The van der Waals surface area contributed by atoms with Crippen molar-refractivity contribution >= 4 is 10.9 Å². The molecular weight excluding hydrogens is 224 g/mol. The number of nitrogens with zero attached hydrogens (tertiary/aromatic N) is 2. The molecule has 0 amide bonds. The molecular formula is C15H14N2O. The van der Waals surface area contributed by atoms with E-state index in [1.165, 1.54) is 0 Å². The zero-order chi connectivity index (χ0) is 12.5. The zero-order valence-electron chi connectivity index (χ0n) is 10.2. The second-order valence-electron chi connectivity index (χ2n) is 4.19. The summed E-state index contributed by atoms with van der Waals surface area (Å²) in [5, 5.41) is 0.767. The van der Waals surface area contributed by atoms with Crippen LogP contribution in [-0.2, 0) is 6.54 Å². The van der Waals surface area contributed by atoms with E-state index in [0.717, 1.165) is 16.6 Å². The minimum atomic E-state index is 0.0666. The first-order chi connectivity index (χ1) is 8.83. The third kappa shape index (κ3) is 1.48. The molecule has 0 spiro atoms. The Kier molecular flexibility index (Phi) is 2.52. The van der Waals surface area contributed by atoms with E-state index >= 15 is 0 Å². The molecule has 0 unspecified atom stereocenters. The Morgan fingerprint density at radius 2 is 1.61 bits per heavy atom. The molecule has 0 fully saturated rings. The Morgan fingerprint density at radius 3 is 2.33 bits per heavy atom. The topological polar surface area (TPSA) is 26.9 Å². The minimum Gasteiger partial charge on any atom is -0.267 e. The quantitative estimate of drug-likeness (QED) is 0.674. The average Bonchev–Trinajstić information content (AvgIpc) is 2.73. The van der Waals surface area contributed by atoms with Crippen LogP contribution in [0.1, 0.15) is 6.92 Å². The smallest absolute Gasteiger partial charge is 0.267 e. The lowest BCUT2D eigenvalue weighted by Gasteiger charge is -2.10. The van der Waals surface area contributed by atoms with Crippen molar-refractivity contribution in [3.63, 3.8) is 0 Å². The number of hydrogen-bond acceptors (Lipinski definition) is 1. The van der Waals surface area contributed by atoms with Crippen molar-refractivity contribution < 1.29 is 0 Å². The van der Waals surface area contributed by atoms with Crippen molar-refractivity contribution in [1.29, 1.82) is 0 Å². The van der Waals surface area contributed by atoms with E-state index in [0.29, 0.717) is 6.54 Å². The van der Waals surface area contributed by atoms with Crippen molar-refractivity contribution in [3.8, 4) is 5.69 Å². The van der Waals surface area contributed by atoms with Crippen molar-refractivity contribution in [3.05, 3.63) is 65.0 Å². The van der Waals surface area contributed by atoms with Gasteiger partial charge < -0.3 is 0 Å². The van der Waals surface area contributed by atoms with Crippen LogP contribution in [0.25, 0.3) is 16.6 Å². The number of para-hydroxylation sites is 2. The van der Waals surface area contributed by atoms with Gasteiger partial charge in [0, 0.05) is 6.54 Å². The molecule has 0 N–H and O–H groups in total. The second-order valence-corrected chi connectivity index (χ2v) is 4.19. The van der Waals surface area contributed by atoms with E-state index in [2.05, 4.69) is 0 Å². The second kappa shape index (κ2) is 4.18. The predicted molar refractivity (Wildman–Crippen MR) is 73.2 cm³/mol. The van der Waals surface area contributed by atoms with Gasteiger partial charge in [0.1, 0.15) is 0 Å². The van der Waals surface area contributed by atoms with Crippen LogP contribution in [0.4, 0.5) is 0 Å². The summed E-state index contributed by atoms with van der Waals surface area (Å²) in [5.41, 5.74) is 2.03. The normalized spacial score (nSPS) is 10.9. The summed E-state index contributed by atoms with van der Waals surface area (Å²) in [4.78, 5) is 12.3. The third-order valence-electron chi connectivity index (χ3n) is 3.14. The Morgan fingerprint density at radius 1 is 0.944 bits per heavy atom. The van der Waals surface area contributed by atoms with Crippen molar-refractivity contribution in [1.82, 2.24) is 9.36 Å². The van der Waals surface area contributed by atoms with Crippen LogP contribution >= 0.6 is 0 Å². The monoisotopic (exact) mass is 238 g/mol. The maximum Gasteiger partial charge on any atom is 0.274 e. The summed E-state index contributed by atoms with van der Waals surface area (Å²) in [5.74, 6) is 0. The molecule has 0 aliphatic heterocycles. The summed E-state index contributed by atoms with van der Waals surface area (Å²) in [6.45, 7) is 2.64. The van der Waals surface area contributed by atoms with Gasteiger partial charge in [-0.25, -0.2) is 4.68 Å². The summed E-state index contributed by atoms with van der Waals surface area (Å²) >= 11 is 0. The molecule has 0 radical (unpaired) electrons. The molecule has 0 aliphatic rings. The third-order valence-corrected chi connectivity index (χ3v) is 3.14. The molecule has 2 aromatic carbocycles. The SMILES string of the molecule is CCn1c(=O)c2ccccc2n1-c1ccccc1. The van der Waals surface area contributed by atoms with Gasteiger partial charge in [0.2, 0.25) is 0 Å². The molecule has 18 heavy (non-hydrogen) atoms. The van der Waals surface area contributed by atoms with Gasteiger partial charge in [-0.2, -0.15) is 0 Å². The maximum atomic E-state index is 12.3. The number of fused-ring (bicyclic) bond motifs is 1. The lowest BCUT2D eigenvalue weighted by atomic mass is 10.2. The van der Waals surface area contributed by atoms with Gasteiger partial charge in [-0.1, -0.05) is 30.3 Å². The standard InChI is InChI=1S/C15H14N2O/c1-2-16-15(18)13-10-6-7-11-14(13)17(16)12-8-4-3-5-9-12/h3-11H,2H2,1H3. The molecule has 90 valence electrons. The first kappa shape index (κ1) is 10.8. The molecule has 3 heteroatoms. The highest BCUT2D eigenvalue weighted by atomic mass is 16.1. The number of hydrogen-bond donors (Lipinski definition) is 0. The summed E-state index contributed by atoms with van der Waals surface area (Å²) in [7, 11) is 0. The number of rotatable bonds is 2. The van der Waals surface area contributed by atoms with E-state index < -0.39 is 0 Å². The highest BCUT2D eigenvalue weighted by Gasteiger charge is 2.12. The molecule has 1 heterocycles. The van der Waals surface area contributed by atoms with Crippen molar-refractivity contribution in [2.45, 2.75) is 13.5 Å². The van der Waals surface area contributed by atoms with Gasteiger partial charge in [0.15, 0.2) is 0 Å². The first-order valence-corrected chi connectivity index (χ1v) is 6.09. The molecule has 0 saturated heterocycles.